The number of hydrogen-bond donors (Lipinski definition) is 0. The van der Waals surface area contributed by atoms with Crippen LogP contribution in [0.1, 0.15) is 77.2 Å². The SMILES string of the molecule is CCC(=O)OCCCCCCCCCOc1ccc(N=Nc2ccc(N=Nc3ccc(N(C)CCOC(=O)CC)cc3)cc2C)nc1. The molecule has 3 aromatic rings. The van der Waals surface area contributed by atoms with Gasteiger partial charge < -0.3 is 19.1 Å². The minimum atomic E-state index is -0.194. The maximum atomic E-state index is 11.3. The van der Waals surface area contributed by atoms with Crippen molar-refractivity contribution in [1.82, 2.24) is 4.98 Å². The highest BCUT2D eigenvalue weighted by molar-refractivity contribution is 5.69. The van der Waals surface area contributed by atoms with Gasteiger partial charge in [-0.3, -0.25) is 9.59 Å². The zero-order valence-electron chi connectivity index (χ0n) is 28.2. The van der Waals surface area contributed by atoms with Crippen molar-refractivity contribution in [3.05, 3.63) is 66.4 Å². The van der Waals surface area contributed by atoms with Crippen LogP contribution in [0.15, 0.2) is 81.3 Å². The number of ether oxygens (including phenoxy) is 3. The molecule has 0 saturated carbocycles. The fourth-order valence-corrected chi connectivity index (χ4v) is 4.42. The minimum absolute atomic E-state index is 0.118. The molecule has 0 fully saturated rings. The Labute approximate surface area is 278 Å². The highest BCUT2D eigenvalue weighted by Crippen LogP contribution is 2.28. The van der Waals surface area contributed by atoms with E-state index in [1.807, 2.05) is 74.3 Å². The van der Waals surface area contributed by atoms with E-state index in [1.54, 1.807) is 19.2 Å². The monoisotopic (exact) mass is 644 g/mol. The van der Waals surface area contributed by atoms with Gasteiger partial charge in [-0.15, -0.1) is 10.2 Å². The van der Waals surface area contributed by atoms with Gasteiger partial charge in [-0.25, -0.2) is 4.98 Å². The number of benzene rings is 2. The summed E-state index contributed by atoms with van der Waals surface area (Å²) in [6.07, 6.45) is 10.2. The summed E-state index contributed by atoms with van der Waals surface area (Å²) in [6, 6.07) is 17.0. The van der Waals surface area contributed by atoms with E-state index >= 15 is 0 Å². The van der Waals surface area contributed by atoms with E-state index in [0.717, 1.165) is 54.7 Å². The van der Waals surface area contributed by atoms with Crippen molar-refractivity contribution >= 4 is 40.5 Å². The summed E-state index contributed by atoms with van der Waals surface area (Å²) < 4.78 is 16.1. The number of nitrogens with zero attached hydrogens (tertiary/aromatic N) is 6. The molecular weight excluding hydrogens is 596 g/mol. The van der Waals surface area contributed by atoms with Crippen molar-refractivity contribution in [1.29, 1.82) is 0 Å². The average Bonchev–Trinajstić information content (AvgIpc) is 3.09. The molecule has 0 spiro atoms. The number of aryl methyl sites for hydroxylation is 1. The van der Waals surface area contributed by atoms with Crippen LogP contribution < -0.4 is 9.64 Å². The van der Waals surface area contributed by atoms with Crippen LogP contribution in [0.5, 0.6) is 5.75 Å². The predicted octanol–water partition coefficient (Wildman–Crippen LogP) is 9.67. The molecule has 2 aromatic carbocycles. The van der Waals surface area contributed by atoms with Gasteiger partial charge in [0.25, 0.3) is 0 Å². The summed E-state index contributed by atoms with van der Waals surface area (Å²) >= 11 is 0. The van der Waals surface area contributed by atoms with Crippen molar-refractivity contribution in [2.24, 2.45) is 20.5 Å². The molecule has 0 atom stereocenters. The summed E-state index contributed by atoms with van der Waals surface area (Å²) in [4.78, 5) is 28.8. The van der Waals surface area contributed by atoms with Crippen LogP contribution in [-0.4, -0.2) is 50.3 Å². The molecule has 11 nitrogen and oxygen atoms in total. The van der Waals surface area contributed by atoms with E-state index in [-0.39, 0.29) is 11.9 Å². The first-order valence-corrected chi connectivity index (χ1v) is 16.5. The Balaban J connectivity index is 1.35. The largest absolute Gasteiger partial charge is 0.492 e. The molecule has 11 heteroatoms. The first-order chi connectivity index (χ1) is 22.9. The van der Waals surface area contributed by atoms with Crippen LogP contribution in [0.4, 0.5) is 28.6 Å². The zero-order chi connectivity index (χ0) is 33.7. The molecule has 0 unspecified atom stereocenters. The molecule has 0 radical (unpaired) electrons. The van der Waals surface area contributed by atoms with E-state index in [9.17, 15) is 9.59 Å². The molecule has 47 heavy (non-hydrogen) atoms. The predicted molar refractivity (Wildman–Crippen MR) is 184 cm³/mol. The normalized spacial score (nSPS) is 11.2. The molecule has 0 saturated heterocycles. The highest BCUT2D eigenvalue weighted by Gasteiger charge is 2.05. The van der Waals surface area contributed by atoms with Gasteiger partial charge >= 0.3 is 11.9 Å². The van der Waals surface area contributed by atoms with Gasteiger partial charge in [0.2, 0.25) is 0 Å². The number of aromatic nitrogens is 1. The quantitative estimate of drug-likeness (QED) is 0.0641. The van der Waals surface area contributed by atoms with Gasteiger partial charge in [0, 0.05) is 25.6 Å². The Morgan fingerprint density at radius 1 is 0.702 bits per heavy atom. The third-order valence-electron chi connectivity index (χ3n) is 7.32. The van der Waals surface area contributed by atoms with Crippen molar-refractivity contribution in [2.45, 2.75) is 78.6 Å². The fraction of sp³-hybridized carbons (Fsp3) is 0.472. The van der Waals surface area contributed by atoms with Crippen molar-refractivity contribution < 1.29 is 23.8 Å². The number of hydrogen-bond acceptors (Lipinski definition) is 11. The molecule has 0 amide bonds. The molecule has 0 aliphatic heterocycles. The molecule has 0 N–H and O–H groups in total. The Kier molecular flexibility index (Phi) is 16.6. The van der Waals surface area contributed by atoms with Crippen LogP contribution in [0, 0.1) is 6.92 Å². The van der Waals surface area contributed by atoms with Crippen LogP contribution in [-0.2, 0) is 19.1 Å². The summed E-state index contributed by atoms with van der Waals surface area (Å²) in [5.74, 6) is 0.905. The number of rotatable bonds is 21. The van der Waals surface area contributed by atoms with Crippen LogP contribution in [0.3, 0.4) is 0 Å². The first-order valence-electron chi connectivity index (χ1n) is 16.5. The number of carbonyl (C=O) groups excluding carboxylic acids is 2. The van der Waals surface area contributed by atoms with E-state index in [0.29, 0.717) is 56.5 Å². The van der Waals surface area contributed by atoms with Gasteiger partial charge in [0.15, 0.2) is 5.82 Å². The molecule has 252 valence electrons. The van der Waals surface area contributed by atoms with Crippen LogP contribution >= 0.6 is 0 Å². The van der Waals surface area contributed by atoms with Gasteiger partial charge in [-0.2, -0.15) is 10.2 Å². The second kappa shape index (κ2) is 21.2. The van der Waals surface area contributed by atoms with Crippen molar-refractivity contribution in [2.75, 3.05) is 38.3 Å². The Hall–Kier alpha value is -4.67. The summed E-state index contributed by atoms with van der Waals surface area (Å²) in [5.41, 5.74) is 4.09. The Morgan fingerprint density at radius 2 is 1.32 bits per heavy atom. The Bertz CT molecular complexity index is 1430. The van der Waals surface area contributed by atoms with Crippen molar-refractivity contribution in [3.63, 3.8) is 0 Å². The Morgan fingerprint density at radius 3 is 1.96 bits per heavy atom. The fourth-order valence-electron chi connectivity index (χ4n) is 4.42. The molecule has 0 bridgehead atoms. The van der Waals surface area contributed by atoms with Crippen LogP contribution in [0.2, 0.25) is 0 Å². The molecule has 0 aliphatic rings. The number of carbonyl (C=O) groups is 2. The van der Waals surface area contributed by atoms with Gasteiger partial charge in [0.1, 0.15) is 12.4 Å². The third-order valence-corrected chi connectivity index (χ3v) is 7.32. The third kappa shape index (κ3) is 14.5. The maximum Gasteiger partial charge on any atom is 0.305 e. The van der Waals surface area contributed by atoms with E-state index in [2.05, 4.69) is 25.4 Å². The standard InChI is InChI=1S/C36H48N6O5/c1-5-35(43)46-24-13-11-9-7-8-10-12-23-45-32-19-21-34(37-27-32)41-40-33-20-16-30(26-28(33)3)39-38-29-14-17-31(18-15-29)42(4)22-25-47-36(44)6-2/h14-21,26-27H,5-13,22-25H2,1-4H3. The smallest absolute Gasteiger partial charge is 0.305 e. The van der Waals surface area contributed by atoms with E-state index in [1.165, 1.54) is 12.8 Å². The second-order valence-corrected chi connectivity index (χ2v) is 11.1. The number of unbranched alkanes of at least 4 members (excludes halogenated alkanes) is 6. The lowest BCUT2D eigenvalue weighted by Crippen LogP contribution is -2.23. The zero-order valence-corrected chi connectivity index (χ0v) is 28.2. The molecule has 1 aromatic heterocycles. The molecule has 3 rings (SSSR count). The summed E-state index contributed by atoms with van der Waals surface area (Å²) in [7, 11) is 1.95. The van der Waals surface area contributed by atoms with Crippen molar-refractivity contribution in [3.8, 4) is 5.75 Å². The number of azo groups is 2. The van der Waals surface area contributed by atoms with E-state index < -0.39 is 0 Å². The van der Waals surface area contributed by atoms with Crippen LogP contribution in [0.25, 0.3) is 0 Å². The lowest BCUT2D eigenvalue weighted by Gasteiger charge is -2.19. The average molecular weight is 645 g/mol. The number of anilines is 1. The number of esters is 2. The summed E-state index contributed by atoms with van der Waals surface area (Å²) in [6.45, 7) is 7.69. The molecule has 1 heterocycles. The lowest BCUT2D eigenvalue weighted by molar-refractivity contribution is -0.144. The maximum absolute atomic E-state index is 11.3. The molecule has 0 aliphatic carbocycles. The van der Waals surface area contributed by atoms with Gasteiger partial charge in [-0.05, 0) is 79.9 Å². The highest BCUT2D eigenvalue weighted by atomic mass is 16.5. The number of likely N-dealkylation sites (N-methyl/N-ethyl adjacent to an activating group) is 1. The first kappa shape index (κ1) is 36.8. The molecular formula is C36H48N6O5. The van der Waals surface area contributed by atoms with Gasteiger partial charge in [0.05, 0.1) is 43.0 Å². The second-order valence-electron chi connectivity index (χ2n) is 11.1. The van der Waals surface area contributed by atoms with Gasteiger partial charge in [-0.1, -0.05) is 46.0 Å². The topological polar surface area (TPSA) is 127 Å². The lowest BCUT2D eigenvalue weighted by atomic mass is 10.1. The van der Waals surface area contributed by atoms with E-state index in [4.69, 9.17) is 14.2 Å². The summed E-state index contributed by atoms with van der Waals surface area (Å²) in [5, 5.41) is 17.4. The number of pyridine rings is 1. The minimum Gasteiger partial charge on any atom is -0.492 e.